The average Bonchev–Trinajstić information content (AvgIpc) is 2.40. The number of ether oxygens (including phenoxy) is 1. The zero-order valence-corrected chi connectivity index (χ0v) is 12.3. The molecule has 21 heavy (non-hydrogen) atoms. The van der Waals surface area contributed by atoms with Gasteiger partial charge in [-0.1, -0.05) is 20.8 Å². The number of hydrogen-bond acceptors (Lipinski definition) is 3. The minimum Gasteiger partial charge on any atom is -0.436 e. The van der Waals surface area contributed by atoms with Crippen LogP contribution in [0.5, 0.6) is 11.6 Å². The molecule has 0 aliphatic heterocycles. The van der Waals surface area contributed by atoms with E-state index in [1.807, 2.05) is 26.8 Å². The van der Waals surface area contributed by atoms with E-state index < -0.39 is 11.6 Å². The SMILES string of the molecule is CC(C)(C)c1cc(CN)cc(Oc2ccc(F)cc2F)n1. The van der Waals surface area contributed by atoms with Crippen LogP contribution in [0.15, 0.2) is 30.3 Å². The van der Waals surface area contributed by atoms with Crippen molar-refractivity contribution < 1.29 is 13.5 Å². The molecule has 2 rings (SSSR count). The lowest BCUT2D eigenvalue weighted by molar-refractivity contribution is 0.417. The van der Waals surface area contributed by atoms with E-state index in [-0.39, 0.29) is 17.0 Å². The molecule has 0 radical (unpaired) electrons. The molecule has 0 aliphatic rings. The minimum atomic E-state index is -0.771. The summed E-state index contributed by atoms with van der Waals surface area (Å²) in [5.74, 6) is -1.25. The Labute approximate surface area is 122 Å². The molecule has 112 valence electrons. The number of nitrogens with two attached hydrogens (primary N) is 1. The van der Waals surface area contributed by atoms with E-state index >= 15 is 0 Å². The number of halogens is 2. The van der Waals surface area contributed by atoms with Gasteiger partial charge in [0.1, 0.15) is 5.82 Å². The van der Waals surface area contributed by atoms with Crippen LogP contribution in [0, 0.1) is 11.6 Å². The Morgan fingerprint density at radius 3 is 2.43 bits per heavy atom. The van der Waals surface area contributed by atoms with Crippen LogP contribution in [0.3, 0.4) is 0 Å². The second-order valence-corrected chi connectivity index (χ2v) is 5.83. The summed E-state index contributed by atoms with van der Waals surface area (Å²) < 4.78 is 32.0. The fourth-order valence-corrected chi connectivity index (χ4v) is 1.78. The van der Waals surface area contributed by atoms with Crippen molar-refractivity contribution in [2.75, 3.05) is 0 Å². The zero-order chi connectivity index (χ0) is 15.6. The minimum absolute atomic E-state index is 0.0714. The Kier molecular flexibility index (Phi) is 4.23. The lowest BCUT2D eigenvalue weighted by Crippen LogP contribution is -2.15. The van der Waals surface area contributed by atoms with Crippen molar-refractivity contribution in [3.8, 4) is 11.6 Å². The third-order valence-corrected chi connectivity index (χ3v) is 2.97. The highest BCUT2D eigenvalue weighted by Gasteiger charge is 2.18. The monoisotopic (exact) mass is 292 g/mol. The predicted octanol–water partition coefficient (Wildman–Crippen LogP) is 3.91. The molecule has 0 fully saturated rings. The van der Waals surface area contributed by atoms with E-state index in [0.29, 0.717) is 6.54 Å². The predicted molar refractivity (Wildman–Crippen MR) is 77.3 cm³/mol. The molecule has 0 atom stereocenters. The van der Waals surface area contributed by atoms with Crippen LogP contribution in [0.1, 0.15) is 32.0 Å². The summed E-state index contributed by atoms with van der Waals surface area (Å²) in [6.45, 7) is 6.36. The Morgan fingerprint density at radius 2 is 1.86 bits per heavy atom. The second kappa shape index (κ2) is 5.77. The molecule has 0 spiro atoms. The highest BCUT2D eigenvalue weighted by atomic mass is 19.1. The quantitative estimate of drug-likeness (QED) is 0.933. The lowest BCUT2D eigenvalue weighted by Gasteiger charge is -2.19. The molecule has 1 aromatic carbocycles. The molecular weight excluding hydrogens is 274 g/mol. The maximum atomic E-state index is 13.6. The summed E-state index contributed by atoms with van der Waals surface area (Å²) in [6.07, 6.45) is 0. The first-order valence-corrected chi connectivity index (χ1v) is 6.64. The molecule has 5 heteroatoms. The van der Waals surface area contributed by atoms with Gasteiger partial charge in [0.2, 0.25) is 5.88 Å². The van der Waals surface area contributed by atoms with Gasteiger partial charge in [-0.05, 0) is 23.8 Å². The van der Waals surface area contributed by atoms with Crippen LogP contribution in [-0.4, -0.2) is 4.98 Å². The van der Waals surface area contributed by atoms with Gasteiger partial charge in [0.15, 0.2) is 11.6 Å². The van der Waals surface area contributed by atoms with Crippen LogP contribution >= 0.6 is 0 Å². The van der Waals surface area contributed by atoms with Crippen molar-refractivity contribution in [3.63, 3.8) is 0 Å². The van der Waals surface area contributed by atoms with Crippen molar-refractivity contribution in [2.45, 2.75) is 32.7 Å². The molecule has 0 amide bonds. The molecule has 0 saturated carbocycles. The van der Waals surface area contributed by atoms with E-state index in [9.17, 15) is 8.78 Å². The molecule has 2 aromatic rings. The van der Waals surface area contributed by atoms with Crippen molar-refractivity contribution in [1.82, 2.24) is 4.98 Å². The molecular formula is C16H18F2N2O. The summed E-state index contributed by atoms with van der Waals surface area (Å²) in [4.78, 5) is 4.37. The summed E-state index contributed by atoms with van der Waals surface area (Å²) in [5.41, 5.74) is 7.11. The number of pyridine rings is 1. The molecule has 0 bridgehead atoms. The summed E-state index contributed by atoms with van der Waals surface area (Å²) in [6, 6.07) is 6.69. The molecule has 2 N–H and O–H groups in total. The first-order valence-electron chi connectivity index (χ1n) is 6.64. The maximum absolute atomic E-state index is 13.6. The Morgan fingerprint density at radius 1 is 1.14 bits per heavy atom. The maximum Gasteiger partial charge on any atom is 0.219 e. The van der Waals surface area contributed by atoms with Gasteiger partial charge in [0.25, 0.3) is 0 Å². The van der Waals surface area contributed by atoms with Gasteiger partial charge in [-0.15, -0.1) is 0 Å². The van der Waals surface area contributed by atoms with Gasteiger partial charge in [-0.3, -0.25) is 0 Å². The van der Waals surface area contributed by atoms with Crippen LogP contribution in [-0.2, 0) is 12.0 Å². The topological polar surface area (TPSA) is 48.1 Å². The summed E-state index contributed by atoms with van der Waals surface area (Å²) in [5, 5.41) is 0. The van der Waals surface area contributed by atoms with Crippen molar-refractivity contribution in [2.24, 2.45) is 5.73 Å². The number of rotatable bonds is 3. The molecule has 1 heterocycles. The number of aromatic nitrogens is 1. The van der Waals surface area contributed by atoms with Crippen molar-refractivity contribution in [1.29, 1.82) is 0 Å². The molecule has 0 saturated heterocycles. The smallest absolute Gasteiger partial charge is 0.219 e. The number of benzene rings is 1. The summed E-state index contributed by atoms with van der Waals surface area (Å²) >= 11 is 0. The normalized spacial score (nSPS) is 11.5. The standard InChI is InChI=1S/C16H18F2N2O/c1-16(2,3)14-6-10(9-19)7-15(20-14)21-13-5-4-11(17)8-12(13)18/h4-8H,9,19H2,1-3H3. The van der Waals surface area contributed by atoms with Crippen LogP contribution in [0.4, 0.5) is 8.78 Å². The Balaban J connectivity index is 2.39. The number of nitrogens with zero attached hydrogens (tertiary/aromatic N) is 1. The first-order chi connectivity index (χ1) is 9.79. The third kappa shape index (κ3) is 3.76. The van der Waals surface area contributed by atoms with Gasteiger partial charge >= 0.3 is 0 Å². The number of hydrogen-bond donors (Lipinski definition) is 1. The average molecular weight is 292 g/mol. The summed E-state index contributed by atoms with van der Waals surface area (Å²) in [7, 11) is 0. The molecule has 0 aliphatic carbocycles. The van der Waals surface area contributed by atoms with Crippen molar-refractivity contribution in [3.05, 3.63) is 53.2 Å². The second-order valence-electron chi connectivity index (χ2n) is 5.83. The first kappa shape index (κ1) is 15.4. The van der Waals surface area contributed by atoms with Crippen LogP contribution < -0.4 is 10.5 Å². The van der Waals surface area contributed by atoms with Gasteiger partial charge in [0, 0.05) is 24.1 Å². The molecule has 0 unspecified atom stereocenters. The molecule has 3 nitrogen and oxygen atoms in total. The highest BCUT2D eigenvalue weighted by Crippen LogP contribution is 2.28. The third-order valence-electron chi connectivity index (χ3n) is 2.97. The van der Waals surface area contributed by atoms with Gasteiger partial charge in [-0.25, -0.2) is 13.8 Å². The Bertz CT molecular complexity index is 651. The van der Waals surface area contributed by atoms with E-state index in [0.717, 1.165) is 23.4 Å². The fourth-order valence-electron chi connectivity index (χ4n) is 1.78. The zero-order valence-electron chi connectivity index (χ0n) is 12.3. The highest BCUT2D eigenvalue weighted by molar-refractivity contribution is 5.33. The van der Waals surface area contributed by atoms with E-state index in [2.05, 4.69) is 4.98 Å². The van der Waals surface area contributed by atoms with Gasteiger partial charge in [0.05, 0.1) is 5.69 Å². The molecule has 1 aromatic heterocycles. The van der Waals surface area contributed by atoms with E-state index in [4.69, 9.17) is 10.5 Å². The van der Waals surface area contributed by atoms with E-state index in [1.54, 1.807) is 6.07 Å². The van der Waals surface area contributed by atoms with Crippen LogP contribution in [0.2, 0.25) is 0 Å². The van der Waals surface area contributed by atoms with Gasteiger partial charge < -0.3 is 10.5 Å². The van der Waals surface area contributed by atoms with Crippen LogP contribution in [0.25, 0.3) is 0 Å². The Hall–Kier alpha value is -2.01. The van der Waals surface area contributed by atoms with Gasteiger partial charge in [-0.2, -0.15) is 0 Å². The lowest BCUT2D eigenvalue weighted by atomic mass is 9.91. The van der Waals surface area contributed by atoms with E-state index in [1.165, 1.54) is 6.07 Å². The van der Waals surface area contributed by atoms with Crippen molar-refractivity contribution >= 4 is 0 Å². The fraction of sp³-hybridized carbons (Fsp3) is 0.312. The largest absolute Gasteiger partial charge is 0.436 e.